The molecule has 1 aliphatic heterocycles. The number of alkyl halides is 3. The number of amides is 1. The van der Waals surface area contributed by atoms with E-state index in [4.69, 9.17) is 11.6 Å². The second-order valence-corrected chi connectivity index (χ2v) is 9.43. The molecule has 0 aromatic heterocycles. The highest BCUT2D eigenvalue weighted by Crippen LogP contribution is 2.32. The van der Waals surface area contributed by atoms with Crippen molar-refractivity contribution in [2.75, 3.05) is 18.5 Å². The molecule has 0 saturated carbocycles. The van der Waals surface area contributed by atoms with Crippen LogP contribution in [0.25, 0.3) is 0 Å². The lowest BCUT2D eigenvalue weighted by Crippen LogP contribution is -2.49. The number of anilines is 1. The van der Waals surface area contributed by atoms with Gasteiger partial charge in [0, 0.05) is 24.2 Å². The van der Waals surface area contributed by atoms with Crippen LogP contribution in [0, 0.1) is 5.92 Å². The Labute approximate surface area is 187 Å². The predicted molar refractivity (Wildman–Crippen MR) is 111 cm³/mol. The largest absolute Gasteiger partial charge is 0.573 e. The van der Waals surface area contributed by atoms with E-state index in [1.54, 1.807) is 6.07 Å². The number of carbonyl (C=O) groups excluding carboxylic acids is 1. The van der Waals surface area contributed by atoms with Gasteiger partial charge in [-0.1, -0.05) is 23.7 Å². The fourth-order valence-corrected chi connectivity index (χ4v) is 5.65. The van der Waals surface area contributed by atoms with Crippen LogP contribution < -0.4 is 10.1 Å². The summed E-state index contributed by atoms with van der Waals surface area (Å²) in [5, 5.41) is 12.4. The molecule has 12 heteroatoms. The average Bonchev–Trinajstić information content (AvgIpc) is 2.73. The van der Waals surface area contributed by atoms with E-state index in [1.165, 1.54) is 30.3 Å². The number of piperidine rings is 1. The van der Waals surface area contributed by atoms with Gasteiger partial charge in [0.25, 0.3) is 0 Å². The zero-order chi connectivity index (χ0) is 23.5. The van der Waals surface area contributed by atoms with Crippen molar-refractivity contribution in [3.8, 4) is 5.75 Å². The normalized spacial score (nSPS) is 20.0. The van der Waals surface area contributed by atoms with Crippen molar-refractivity contribution in [2.24, 2.45) is 5.92 Å². The molecule has 0 spiro atoms. The number of carbonyl (C=O) groups is 1. The Hall–Kier alpha value is -2.34. The van der Waals surface area contributed by atoms with Crippen LogP contribution in [-0.4, -0.2) is 49.3 Å². The summed E-state index contributed by atoms with van der Waals surface area (Å²) in [4.78, 5) is 12.6. The van der Waals surface area contributed by atoms with Crippen LogP contribution >= 0.6 is 11.6 Å². The highest BCUT2D eigenvalue weighted by molar-refractivity contribution is 7.89. The molecule has 0 radical (unpaired) electrons. The van der Waals surface area contributed by atoms with Crippen molar-refractivity contribution in [1.82, 2.24) is 4.31 Å². The lowest BCUT2D eigenvalue weighted by molar-refractivity contribution is -0.274. The molecule has 1 amide bonds. The first-order chi connectivity index (χ1) is 15.0. The molecule has 3 rings (SSSR count). The van der Waals surface area contributed by atoms with Crippen molar-refractivity contribution in [3.63, 3.8) is 0 Å². The quantitative estimate of drug-likeness (QED) is 0.642. The standard InChI is InChI=1S/C20H20ClF3N2O5S/c21-17-3-1-2-4-18(17)32(29,30)26-10-9-13(11-15(26)12-27)19(28)25-14-5-7-16(8-6-14)31-20(22,23)24/h1-8,13,15,27H,9-12H2,(H,25,28). The molecule has 1 fully saturated rings. The molecule has 32 heavy (non-hydrogen) atoms. The van der Waals surface area contributed by atoms with Crippen molar-refractivity contribution in [2.45, 2.75) is 30.1 Å². The maximum atomic E-state index is 13.0. The molecule has 1 saturated heterocycles. The van der Waals surface area contributed by atoms with Crippen molar-refractivity contribution >= 4 is 33.2 Å². The number of aliphatic hydroxyl groups excluding tert-OH is 1. The summed E-state index contributed by atoms with van der Waals surface area (Å²) in [5.74, 6) is -1.45. The molecule has 2 N–H and O–H groups in total. The first kappa shape index (κ1) is 24.3. The number of sulfonamides is 1. The van der Waals surface area contributed by atoms with Gasteiger partial charge in [0.2, 0.25) is 15.9 Å². The third-order valence-corrected chi connectivity index (χ3v) is 7.47. The number of nitrogens with one attached hydrogen (secondary N) is 1. The maximum Gasteiger partial charge on any atom is 0.573 e. The first-order valence-electron chi connectivity index (χ1n) is 9.55. The van der Waals surface area contributed by atoms with Crippen LogP contribution in [0.5, 0.6) is 5.75 Å². The van der Waals surface area contributed by atoms with Crippen molar-refractivity contribution < 1.29 is 36.2 Å². The number of ether oxygens (including phenoxy) is 1. The monoisotopic (exact) mass is 492 g/mol. The number of benzene rings is 2. The summed E-state index contributed by atoms with van der Waals surface area (Å²) in [7, 11) is -3.98. The average molecular weight is 493 g/mol. The molecule has 2 atom stereocenters. The van der Waals surface area contributed by atoms with Crippen LogP contribution in [0.4, 0.5) is 18.9 Å². The molecule has 7 nitrogen and oxygen atoms in total. The SMILES string of the molecule is O=C(Nc1ccc(OC(F)(F)F)cc1)C1CCN(S(=O)(=O)c2ccccc2Cl)C(CO)C1. The molecular formula is C20H20ClF3N2O5S. The van der Waals surface area contributed by atoms with Gasteiger partial charge in [-0.2, -0.15) is 4.31 Å². The van der Waals surface area contributed by atoms with Gasteiger partial charge < -0.3 is 15.2 Å². The summed E-state index contributed by atoms with van der Waals surface area (Å²) in [6, 6.07) is 9.80. The molecule has 1 heterocycles. The third kappa shape index (κ3) is 5.71. The van der Waals surface area contributed by atoms with Gasteiger partial charge in [-0.15, -0.1) is 13.2 Å². The fourth-order valence-electron chi connectivity index (χ4n) is 3.51. The van der Waals surface area contributed by atoms with Gasteiger partial charge in [0.1, 0.15) is 10.6 Å². The topological polar surface area (TPSA) is 95.9 Å². The molecule has 2 aromatic rings. The molecular weight excluding hydrogens is 473 g/mol. The van der Waals surface area contributed by atoms with Gasteiger partial charge >= 0.3 is 6.36 Å². The van der Waals surface area contributed by atoms with E-state index in [2.05, 4.69) is 10.1 Å². The van der Waals surface area contributed by atoms with E-state index >= 15 is 0 Å². The van der Waals surface area contributed by atoms with E-state index in [-0.39, 0.29) is 35.0 Å². The highest BCUT2D eigenvalue weighted by atomic mass is 35.5. The Bertz CT molecular complexity index is 1060. The van der Waals surface area contributed by atoms with E-state index in [9.17, 15) is 31.5 Å². The lowest BCUT2D eigenvalue weighted by atomic mass is 9.92. The van der Waals surface area contributed by atoms with Gasteiger partial charge in [0.05, 0.1) is 11.6 Å². The summed E-state index contributed by atoms with van der Waals surface area (Å²) < 4.78 is 67.7. The predicted octanol–water partition coefficient (Wildman–Crippen LogP) is 3.64. The molecule has 174 valence electrons. The van der Waals surface area contributed by atoms with Gasteiger partial charge in [-0.25, -0.2) is 8.42 Å². The number of aliphatic hydroxyl groups is 1. The second kappa shape index (κ2) is 9.65. The van der Waals surface area contributed by atoms with E-state index in [0.29, 0.717) is 0 Å². The molecule has 2 aromatic carbocycles. The summed E-state index contributed by atoms with van der Waals surface area (Å²) in [6.45, 7) is -0.494. The zero-order valence-corrected chi connectivity index (χ0v) is 18.1. The van der Waals surface area contributed by atoms with Crippen LogP contribution in [0.15, 0.2) is 53.4 Å². The fraction of sp³-hybridized carbons (Fsp3) is 0.350. The minimum absolute atomic E-state index is 0.00473. The molecule has 2 unspecified atom stereocenters. The zero-order valence-electron chi connectivity index (χ0n) is 16.5. The Balaban J connectivity index is 1.67. The highest BCUT2D eigenvalue weighted by Gasteiger charge is 2.39. The maximum absolute atomic E-state index is 13.0. The van der Waals surface area contributed by atoms with Crippen molar-refractivity contribution in [1.29, 1.82) is 0 Å². The molecule has 0 aliphatic carbocycles. The lowest BCUT2D eigenvalue weighted by Gasteiger charge is -2.37. The summed E-state index contributed by atoms with van der Waals surface area (Å²) >= 11 is 6.03. The second-order valence-electron chi connectivity index (χ2n) is 7.17. The third-order valence-electron chi connectivity index (χ3n) is 5.02. The first-order valence-corrected chi connectivity index (χ1v) is 11.4. The smallest absolute Gasteiger partial charge is 0.406 e. The minimum atomic E-state index is -4.82. The molecule has 1 aliphatic rings. The Morgan fingerprint density at radius 2 is 1.84 bits per heavy atom. The number of rotatable bonds is 6. The summed E-state index contributed by atoms with van der Waals surface area (Å²) in [5.41, 5.74) is 0.260. The Morgan fingerprint density at radius 3 is 2.44 bits per heavy atom. The Morgan fingerprint density at radius 1 is 1.19 bits per heavy atom. The molecule has 0 bridgehead atoms. The van der Waals surface area contributed by atoms with Crippen LogP contribution in [0.1, 0.15) is 12.8 Å². The Kier molecular flexibility index (Phi) is 7.33. The van der Waals surface area contributed by atoms with E-state index in [1.807, 2.05) is 0 Å². The van der Waals surface area contributed by atoms with Gasteiger partial charge in [-0.3, -0.25) is 4.79 Å². The minimum Gasteiger partial charge on any atom is -0.406 e. The number of nitrogens with zero attached hydrogens (tertiary/aromatic N) is 1. The van der Waals surface area contributed by atoms with E-state index < -0.39 is 46.6 Å². The number of hydrogen-bond donors (Lipinski definition) is 2. The number of halogens is 4. The van der Waals surface area contributed by atoms with Gasteiger partial charge in [0.15, 0.2) is 0 Å². The van der Waals surface area contributed by atoms with Crippen molar-refractivity contribution in [3.05, 3.63) is 53.6 Å². The van der Waals surface area contributed by atoms with Crippen LogP contribution in [0.3, 0.4) is 0 Å². The van der Waals surface area contributed by atoms with Gasteiger partial charge in [-0.05, 0) is 49.2 Å². The van der Waals surface area contributed by atoms with E-state index in [0.717, 1.165) is 16.4 Å². The number of hydrogen-bond acceptors (Lipinski definition) is 5. The van der Waals surface area contributed by atoms with Crippen LogP contribution in [-0.2, 0) is 14.8 Å². The van der Waals surface area contributed by atoms with Crippen LogP contribution in [0.2, 0.25) is 5.02 Å². The summed E-state index contributed by atoms with van der Waals surface area (Å²) in [6.07, 6.45) is -4.55.